The maximum Gasteiger partial charge on any atom is 0.258 e. The molecule has 0 unspecified atom stereocenters. The molecule has 4 nitrogen and oxygen atoms in total. The first-order valence-electron chi connectivity index (χ1n) is 9.38. The van der Waals surface area contributed by atoms with E-state index >= 15 is 0 Å². The highest BCUT2D eigenvalue weighted by Gasteiger charge is 2.18. The molecule has 0 bridgehead atoms. The summed E-state index contributed by atoms with van der Waals surface area (Å²) >= 11 is 0. The second-order valence-electron chi connectivity index (χ2n) is 7.94. The van der Waals surface area contributed by atoms with Gasteiger partial charge in [-0.15, -0.1) is 0 Å². The number of aryl methyl sites for hydroxylation is 2. The molecular formula is C23H31NO3. The normalized spacial score (nSPS) is 11.2. The van der Waals surface area contributed by atoms with E-state index in [0.29, 0.717) is 13.2 Å². The highest BCUT2D eigenvalue weighted by atomic mass is 16.5. The number of nitrogens with one attached hydrogen (secondary N) is 1. The van der Waals surface area contributed by atoms with Crippen LogP contribution in [-0.2, 0) is 10.2 Å². The molecule has 2 aromatic rings. The summed E-state index contributed by atoms with van der Waals surface area (Å²) in [5.74, 6) is 1.47. The SMILES string of the molecule is Cc1cc(C)c(C)c(OCC(=O)NCCOc2ccccc2C(C)(C)C)c1. The Morgan fingerprint density at radius 2 is 1.70 bits per heavy atom. The van der Waals surface area contributed by atoms with E-state index in [-0.39, 0.29) is 17.9 Å². The Morgan fingerprint density at radius 3 is 2.41 bits per heavy atom. The lowest BCUT2D eigenvalue weighted by atomic mass is 9.86. The van der Waals surface area contributed by atoms with Gasteiger partial charge in [0.2, 0.25) is 0 Å². The second kappa shape index (κ2) is 8.94. The number of ether oxygens (including phenoxy) is 2. The molecule has 0 heterocycles. The Bertz CT molecular complexity index is 791. The number of benzene rings is 2. The first-order chi connectivity index (χ1) is 12.7. The zero-order valence-electron chi connectivity index (χ0n) is 17.3. The molecule has 1 amide bonds. The summed E-state index contributed by atoms with van der Waals surface area (Å²) < 4.78 is 11.6. The first-order valence-corrected chi connectivity index (χ1v) is 9.38. The lowest BCUT2D eigenvalue weighted by Gasteiger charge is -2.22. The molecule has 0 atom stereocenters. The van der Waals surface area contributed by atoms with Gasteiger partial charge in [0.05, 0.1) is 6.54 Å². The molecule has 0 spiro atoms. The van der Waals surface area contributed by atoms with Crippen LogP contribution in [0.3, 0.4) is 0 Å². The lowest BCUT2D eigenvalue weighted by molar-refractivity contribution is -0.123. The van der Waals surface area contributed by atoms with E-state index in [1.807, 2.05) is 45.0 Å². The van der Waals surface area contributed by atoms with Crippen LogP contribution in [0.1, 0.15) is 43.0 Å². The Balaban J connectivity index is 1.79. The van der Waals surface area contributed by atoms with Crippen LogP contribution in [0.5, 0.6) is 11.5 Å². The van der Waals surface area contributed by atoms with Crippen LogP contribution in [-0.4, -0.2) is 25.7 Å². The van der Waals surface area contributed by atoms with Gasteiger partial charge in [-0.2, -0.15) is 0 Å². The van der Waals surface area contributed by atoms with Gasteiger partial charge in [-0.1, -0.05) is 45.0 Å². The number of amides is 1. The van der Waals surface area contributed by atoms with Crippen molar-refractivity contribution < 1.29 is 14.3 Å². The van der Waals surface area contributed by atoms with Crippen molar-refractivity contribution in [1.82, 2.24) is 5.32 Å². The van der Waals surface area contributed by atoms with Gasteiger partial charge in [-0.05, 0) is 60.6 Å². The van der Waals surface area contributed by atoms with Crippen LogP contribution in [0.25, 0.3) is 0 Å². The van der Waals surface area contributed by atoms with Gasteiger partial charge in [-0.25, -0.2) is 0 Å². The number of carbonyl (C=O) groups excluding carboxylic acids is 1. The third kappa shape index (κ3) is 6.02. The maximum absolute atomic E-state index is 12.0. The van der Waals surface area contributed by atoms with Gasteiger partial charge in [0, 0.05) is 0 Å². The van der Waals surface area contributed by atoms with Crippen molar-refractivity contribution in [3.63, 3.8) is 0 Å². The van der Waals surface area contributed by atoms with E-state index < -0.39 is 0 Å². The number of rotatable bonds is 7. The van der Waals surface area contributed by atoms with Gasteiger partial charge >= 0.3 is 0 Å². The smallest absolute Gasteiger partial charge is 0.258 e. The molecule has 0 fully saturated rings. The van der Waals surface area contributed by atoms with Crippen LogP contribution in [0.4, 0.5) is 0 Å². The molecular weight excluding hydrogens is 338 g/mol. The number of hydrogen-bond acceptors (Lipinski definition) is 3. The monoisotopic (exact) mass is 369 g/mol. The minimum Gasteiger partial charge on any atom is -0.491 e. The van der Waals surface area contributed by atoms with Crippen LogP contribution < -0.4 is 14.8 Å². The molecule has 2 aromatic carbocycles. The fourth-order valence-electron chi connectivity index (χ4n) is 2.91. The topological polar surface area (TPSA) is 47.6 Å². The predicted molar refractivity (Wildman–Crippen MR) is 110 cm³/mol. The first kappa shape index (κ1) is 20.8. The van der Waals surface area contributed by atoms with Gasteiger partial charge in [0.15, 0.2) is 6.61 Å². The Hall–Kier alpha value is -2.49. The molecule has 0 saturated heterocycles. The minimum absolute atomic E-state index is 0.00229. The number of carbonyl (C=O) groups is 1. The molecule has 1 N–H and O–H groups in total. The number of hydrogen-bond donors (Lipinski definition) is 1. The molecule has 0 radical (unpaired) electrons. The van der Waals surface area contributed by atoms with Crippen molar-refractivity contribution in [2.75, 3.05) is 19.8 Å². The third-order valence-electron chi connectivity index (χ3n) is 4.50. The van der Waals surface area contributed by atoms with Crippen molar-refractivity contribution in [3.8, 4) is 11.5 Å². The van der Waals surface area contributed by atoms with Crippen LogP contribution in [0.2, 0.25) is 0 Å². The molecule has 27 heavy (non-hydrogen) atoms. The third-order valence-corrected chi connectivity index (χ3v) is 4.50. The summed E-state index contributed by atoms with van der Waals surface area (Å²) in [4.78, 5) is 12.0. The zero-order chi connectivity index (χ0) is 20.0. The molecule has 2 rings (SSSR count). The fourth-order valence-corrected chi connectivity index (χ4v) is 2.91. The van der Waals surface area contributed by atoms with Crippen molar-refractivity contribution in [2.24, 2.45) is 0 Å². The summed E-state index contributed by atoms with van der Waals surface area (Å²) in [6.45, 7) is 13.4. The second-order valence-corrected chi connectivity index (χ2v) is 7.94. The van der Waals surface area contributed by atoms with Gasteiger partial charge < -0.3 is 14.8 Å². The largest absolute Gasteiger partial charge is 0.491 e. The van der Waals surface area contributed by atoms with Crippen molar-refractivity contribution >= 4 is 5.91 Å². The summed E-state index contributed by atoms with van der Waals surface area (Å²) in [7, 11) is 0. The van der Waals surface area contributed by atoms with Gasteiger partial charge in [-0.3, -0.25) is 4.79 Å². The van der Waals surface area contributed by atoms with Crippen LogP contribution in [0, 0.1) is 20.8 Å². The molecule has 4 heteroatoms. The highest BCUT2D eigenvalue weighted by Crippen LogP contribution is 2.30. The highest BCUT2D eigenvalue weighted by molar-refractivity contribution is 5.77. The van der Waals surface area contributed by atoms with E-state index in [9.17, 15) is 4.79 Å². The quantitative estimate of drug-likeness (QED) is 0.732. The minimum atomic E-state index is -0.152. The van der Waals surface area contributed by atoms with Crippen LogP contribution >= 0.6 is 0 Å². The summed E-state index contributed by atoms with van der Waals surface area (Å²) in [6.07, 6.45) is 0. The molecule has 146 valence electrons. The molecule has 0 aromatic heterocycles. The van der Waals surface area contributed by atoms with Gasteiger partial charge in [0.1, 0.15) is 18.1 Å². The summed E-state index contributed by atoms with van der Waals surface area (Å²) in [5, 5.41) is 2.84. The van der Waals surface area contributed by atoms with E-state index in [1.165, 1.54) is 0 Å². The Labute approximate surface area is 162 Å². The molecule has 0 aliphatic heterocycles. The van der Waals surface area contributed by atoms with E-state index in [0.717, 1.165) is 33.8 Å². The van der Waals surface area contributed by atoms with Gasteiger partial charge in [0.25, 0.3) is 5.91 Å². The average molecular weight is 370 g/mol. The van der Waals surface area contributed by atoms with Crippen molar-refractivity contribution in [1.29, 1.82) is 0 Å². The standard InChI is InChI=1S/C23H31NO3/c1-16-13-17(2)18(3)21(14-16)27-15-22(25)24-11-12-26-20-10-8-7-9-19(20)23(4,5)6/h7-10,13-14H,11-12,15H2,1-6H3,(H,24,25). The molecule has 0 aliphatic carbocycles. The molecule has 0 saturated carbocycles. The maximum atomic E-state index is 12.0. The average Bonchev–Trinajstić information content (AvgIpc) is 2.60. The fraction of sp³-hybridized carbons (Fsp3) is 0.435. The van der Waals surface area contributed by atoms with Crippen LogP contribution in [0.15, 0.2) is 36.4 Å². The Morgan fingerprint density at radius 1 is 1.00 bits per heavy atom. The molecule has 0 aliphatic rings. The van der Waals surface area contributed by atoms with E-state index in [1.54, 1.807) is 0 Å². The number of para-hydroxylation sites is 1. The predicted octanol–water partition coefficient (Wildman–Crippen LogP) is 4.48. The lowest BCUT2D eigenvalue weighted by Crippen LogP contribution is -2.32. The summed E-state index contributed by atoms with van der Waals surface area (Å²) in [6, 6.07) is 12.1. The Kier molecular flexibility index (Phi) is 6.89. The van der Waals surface area contributed by atoms with Crippen molar-refractivity contribution in [3.05, 3.63) is 58.7 Å². The van der Waals surface area contributed by atoms with E-state index in [4.69, 9.17) is 9.47 Å². The zero-order valence-corrected chi connectivity index (χ0v) is 17.3. The summed E-state index contributed by atoms with van der Waals surface area (Å²) in [5.41, 5.74) is 4.52. The van der Waals surface area contributed by atoms with Crippen molar-refractivity contribution in [2.45, 2.75) is 47.0 Å². The van der Waals surface area contributed by atoms with E-state index in [2.05, 4.69) is 38.2 Å².